The maximum atomic E-state index is 12.5. The third kappa shape index (κ3) is 3.51. The Morgan fingerprint density at radius 3 is 2.33 bits per heavy atom. The number of aliphatic carboxylic acids is 1. The van der Waals surface area contributed by atoms with Gasteiger partial charge in [0.1, 0.15) is 6.04 Å². The number of piperidine rings is 1. The van der Waals surface area contributed by atoms with E-state index in [0.29, 0.717) is 37.6 Å². The number of amides is 2. The highest BCUT2D eigenvalue weighted by Crippen LogP contribution is 2.27. The van der Waals surface area contributed by atoms with Crippen LogP contribution in [0.5, 0.6) is 0 Å². The van der Waals surface area contributed by atoms with Crippen molar-refractivity contribution < 1.29 is 19.5 Å². The fourth-order valence-electron chi connectivity index (χ4n) is 2.81. The topological polar surface area (TPSA) is 77.9 Å². The third-order valence-corrected chi connectivity index (χ3v) is 5.11. The number of carboxylic acid groups (broad SMARTS) is 1. The number of carbonyl (C=O) groups excluding carboxylic acids is 2. The molecule has 0 saturated carbocycles. The highest BCUT2D eigenvalue weighted by molar-refractivity contribution is 7.99. The normalized spacial score (nSPS) is 23.7. The Hall–Kier alpha value is -1.24. The highest BCUT2D eigenvalue weighted by Gasteiger charge is 2.38. The molecule has 2 aliphatic rings. The summed E-state index contributed by atoms with van der Waals surface area (Å²) in [5.74, 6) is -0.122. The van der Waals surface area contributed by atoms with E-state index in [-0.39, 0.29) is 23.7 Å². The van der Waals surface area contributed by atoms with Gasteiger partial charge < -0.3 is 14.9 Å². The summed E-state index contributed by atoms with van der Waals surface area (Å²) < 4.78 is 0. The van der Waals surface area contributed by atoms with E-state index >= 15 is 0 Å². The largest absolute Gasteiger partial charge is 0.480 e. The van der Waals surface area contributed by atoms with Gasteiger partial charge in [0, 0.05) is 30.7 Å². The summed E-state index contributed by atoms with van der Waals surface area (Å²) in [6, 6.07) is -0.696. The second kappa shape index (κ2) is 6.68. The fraction of sp³-hybridized carbons (Fsp3) is 0.786. The molecule has 6 nitrogen and oxygen atoms in total. The van der Waals surface area contributed by atoms with Crippen molar-refractivity contribution in [1.29, 1.82) is 0 Å². The fourth-order valence-corrected chi connectivity index (χ4v) is 3.97. The van der Waals surface area contributed by atoms with Crippen molar-refractivity contribution in [2.24, 2.45) is 11.8 Å². The molecule has 2 fully saturated rings. The van der Waals surface area contributed by atoms with Crippen LogP contribution >= 0.6 is 11.8 Å². The third-order valence-electron chi connectivity index (χ3n) is 4.10. The Kier molecular flexibility index (Phi) is 5.13. The van der Waals surface area contributed by atoms with Crippen molar-refractivity contribution in [2.75, 3.05) is 24.7 Å². The molecule has 0 radical (unpaired) electrons. The smallest absolute Gasteiger partial charge is 0.327 e. The van der Waals surface area contributed by atoms with Crippen molar-refractivity contribution >= 4 is 29.5 Å². The van der Waals surface area contributed by atoms with E-state index in [4.69, 9.17) is 5.11 Å². The highest BCUT2D eigenvalue weighted by atomic mass is 32.2. The molecule has 0 aromatic carbocycles. The van der Waals surface area contributed by atoms with E-state index in [1.165, 1.54) is 16.7 Å². The Balaban J connectivity index is 1.91. The maximum absolute atomic E-state index is 12.5. The Morgan fingerprint density at radius 1 is 1.19 bits per heavy atom. The van der Waals surface area contributed by atoms with Gasteiger partial charge in [0.15, 0.2) is 0 Å². The molecule has 0 aliphatic carbocycles. The molecule has 118 valence electrons. The van der Waals surface area contributed by atoms with E-state index in [1.807, 2.05) is 18.7 Å². The van der Waals surface area contributed by atoms with E-state index in [1.54, 1.807) is 0 Å². The van der Waals surface area contributed by atoms with Crippen LogP contribution in [0.4, 0.5) is 0 Å². The van der Waals surface area contributed by atoms with Gasteiger partial charge in [-0.25, -0.2) is 4.79 Å². The molecule has 1 atom stereocenters. The molecular formula is C14H22N2O4S. The molecule has 2 heterocycles. The first-order chi connectivity index (χ1) is 9.91. The molecule has 2 aliphatic heterocycles. The molecule has 0 spiro atoms. The first-order valence-corrected chi connectivity index (χ1v) is 8.47. The lowest BCUT2D eigenvalue weighted by atomic mass is 9.94. The average Bonchev–Trinajstić information content (AvgIpc) is 2.95. The predicted molar refractivity (Wildman–Crippen MR) is 79.7 cm³/mol. The van der Waals surface area contributed by atoms with E-state index in [2.05, 4.69) is 0 Å². The number of hydrogen-bond acceptors (Lipinski definition) is 4. The molecule has 7 heteroatoms. The summed E-state index contributed by atoms with van der Waals surface area (Å²) >= 11 is 1.48. The molecule has 21 heavy (non-hydrogen) atoms. The van der Waals surface area contributed by atoms with Crippen LogP contribution in [0, 0.1) is 11.8 Å². The number of carbonyl (C=O) groups is 3. The zero-order valence-electron chi connectivity index (χ0n) is 12.4. The van der Waals surface area contributed by atoms with Gasteiger partial charge in [-0.3, -0.25) is 9.59 Å². The first-order valence-electron chi connectivity index (χ1n) is 7.31. The maximum Gasteiger partial charge on any atom is 0.327 e. The SMILES string of the molecule is CC(C)C(=O)N1CCC(C(=O)N2CSCC2C(=O)O)CC1. The van der Waals surface area contributed by atoms with Crippen LogP contribution < -0.4 is 0 Å². The standard InChI is InChI=1S/C14H22N2O4S/c1-9(2)12(17)15-5-3-10(4-6-15)13(18)16-8-21-7-11(16)14(19)20/h9-11H,3-8H2,1-2H3,(H,19,20). The minimum Gasteiger partial charge on any atom is -0.480 e. The lowest BCUT2D eigenvalue weighted by molar-refractivity contribution is -0.150. The number of thioether (sulfide) groups is 1. The van der Waals surface area contributed by atoms with Crippen molar-refractivity contribution in [1.82, 2.24) is 9.80 Å². The Labute approximate surface area is 128 Å². The zero-order chi connectivity index (χ0) is 15.6. The van der Waals surface area contributed by atoms with Crippen molar-refractivity contribution in [3.05, 3.63) is 0 Å². The van der Waals surface area contributed by atoms with Crippen molar-refractivity contribution in [2.45, 2.75) is 32.7 Å². The molecule has 2 amide bonds. The van der Waals surface area contributed by atoms with Crippen molar-refractivity contribution in [3.63, 3.8) is 0 Å². The summed E-state index contributed by atoms with van der Waals surface area (Å²) in [4.78, 5) is 38.8. The second-order valence-corrected chi connectivity index (χ2v) is 6.92. The molecular weight excluding hydrogens is 292 g/mol. The van der Waals surface area contributed by atoms with Gasteiger partial charge in [-0.1, -0.05) is 13.8 Å². The summed E-state index contributed by atoms with van der Waals surface area (Å²) in [6.07, 6.45) is 1.26. The first kappa shape index (κ1) is 16.1. The molecule has 1 unspecified atom stereocenters. The van der Waals surface area contributed by atoms with Gasteiger partial charge in [0.05, 0.1) is 5.88 Å². The van der Waals surface area contributed by atoms with Crippen molar-refractivity contribution in [3.8, 4) is 0 Å². The Bertz CT molecular complexity index is 433. The summed E-state index contributed by atoms with van der Waals surface area (Å²) in [5.41, 5.74) is 0. The average molecular weight is 314 g/mol. The van der Waals surface area contributed by atoms with Gasteiger partial charge in [-0.05, 0) is 12.8 Å². The Morgan fingerprint density at radius 2 is 1.81 bits per heavy atom. The molecule has 2 rings (SSSR count). The number of hydrogen-bond donors (Lipinski definition) is 1. The lowest BCUT2D eigenvalue weighted by Crippen LogP contribution is -2.48. The van der Waals surface area contributed by atoms with E-state index < -0.39 is 12.0 Å². The van der Waals surface area contributed by atoms with Crippen LogP contribution in [0.15, 0.2) is 0 Å². The van der Waals surface area contributed by atoms with Gasteiger partial charge >= 0.3 is 5.97 Å². The van der Waals surface area contributed by atoms with Gasteiger partial charge in [0.2, 0.25) is 11.8 Å². The number of nitrogens with zero attached hydrogens (tertiary/aromatic N) is 2. The number of rotatable bonds is 3. The monoisotopic (exact) mass is 314 g/mol. The minimum absolute atomic E-state index is 0.0244. The van der Waals surface area contributed by atoms with Crippen LogP contribution in [0.1, 0.15) is 26.7 Å². The van der Waals surface area contributed by atoms with Gasteiger partial charge in [-0.15, -0.1) is 11.8 Å². The molecule has 2 saturated heterocycles. The van der Waals surface area contributed by atoms with Gasteiger partial charge in [0.25, 0.3) is 0 Å². The van der Waals surface area contributed by atoms with Crippen LogP contribution in [-0.2, 0) is 14.4 Å². The predicted octanol–water partition coefficient (Wildman–Crippen LogP) is 0.867. The molecule has 0 bridgehead atoms. The summed E-state index contributed by atoms with van der Waals surface area (Å²) in [6.45, 7) is 4.93. The van der Waals surface area contributed by atoms with Gasteiger partial charge in [-0.2, -0.15) is 0 Å². The zero-order valence-corrected chi connectivity index (χ0v) is 13.3. The molecule has 1 N–H and O–H groups in total. The molecule has 0 aromatic heterocycles. The molecule has 0 aromatic rings. The summed E-state index contributed by atoms with van der Waals surface area (Å²) in [5, 5.41) is 9.15. The van der Waals surface area contributed by atoms with Crippen LogP contribution in [-0.4, -0.2) is 63.5 Å². The minimum atomic E-state index is -0.930. The number of carboxylic acids is 1. The quantitative estimate of drug-likeness (QED) is 0.836. The van der Waals surface area contributed by atoms with E-state index in [0.717, 1.165) is 0 Å². The van der Waals surface area contributed by atoms with Crippen LogP contribution in [0.2, 0.25) is 0 Å². The lowest BCUT2D eigenvalue weighted by Gasteiger charge is -2.34. The number of likely N-dealkylation sites (tertiary alicyclic amines) is 1. The van der Waals surface area contributed by atoms with Crippen LogP contribution in [0.3, 0.4) is 0 Å². The van der Waals surface area contributed by atoms with Crippen LogP contribution in [0.25, 0.3) is 0 Å². The summed E-state index contributed by atoms with van der Waals surface area (Å²) in [7, 11) is 0. The second-order valence-electron chi connectivity index (χ2n) is 5.92. The van der Waals surface area contributed by atoms with E-state index in [9.17, 15) is 14.4 Å².